The van der Waals surface area contributed by atoms with Crippen molar-refractivity contribution in [3.63, 3.8) is 0 Å². The monoisotopic (exact) mass is 482 g/mol. The Morgan fingerprint density at radius 3 is 2.72 bits per heavy atom. The second-order valence-corrected chi connectivity index (χ2v) is 9.61. The number of nitrogens with one attached hydrogen (secondary N) is 4. The van der Waals surface area contributed by atoms with E-state index in [0.29, 0.717) is 0 Å². The molecule has 6 rings (SSSR count). The molecule has 7 heteroatoms. The molecule has 2 aromatic rings. The number of ether oxygens (including phenoxy) is 1. The van der Waals surface area contributed by atoms with E-state index in [-0.39, 0.29) is 6.17 Å². The first kappa shape index (κ1) is 22.9. The summed E-state index contributed by atoms with van der Waals surface area (Å²) in [6.07, 6.45) is 8.57. The molecule has 1 saturated heterocycles. The van der Waals surface area contributed by atoms with Crippen LogP contribution in [0.2, 0.25) is 0 Å². The summed E-state index contributed by atoms with van der Waals surface area (Å²) in [5, 5.41) is 14.0. The van der Waals surface area contributed by atoms with Crippen LogP contribution in [0.3, 0.4) is 0 Å². The smallest absolute Gasteiger partial charge is 0.144 e. The van der Waals surface area contributed by atoms with Crippen molar-refractivity contribution in [1.82, 2.24) is 25.8 Å². The van der Waals surface area contributed by atoms with Crippen molar-refractivity contribution in [2.45, 2.75) is 19.3 Å². The number of hydrogen-bond donors (Lipinski definition) is 4. The van der Waals surface area contributed by atoms with Gasteiger partial charge >= 0.3 is 0 Å². The van der Waals surface area contributed by atoms with Crippen molar-refractivity contribution < 1.29 is 4.74 Å². The highest BCUT2D eigenvalue weighted by atomic mass is 16.5. The quantitative estimate of drug-likeness (QED) is 0.461. The lowest BCUT2D eigenvalue weighted by Gasteiger charge is -2.33. The zero-order chi connectivity index (χ0) is 24.3. The Balaban J connectivity index is 1.10. The van der Waals surface area contributed by atoms with Crippen LogP contribution in [0, 0.1) is 0 Å². The lowest BCUT2D eigenvalue weighted by atomic mass is 10.0. The molecule has 186 valence electrons. The van der Waals surface area contributed by atoms with Crippen molar-refractivity contribution in [2.24, 2.45) is 0 Å². The van der Waals surface area contributed by atoms with Gasteiger partial charge in [0.2, 0.25) is 0 Å². The minimum atomic E-state index is 0.0490. The van der Waals surface area contributed by atoms with Crippen LogP contribution in [-0.2, 0) is 17.8 Å². The summed E-state index contributed by atoms with van der Waals surface area (Å²) >= 11 is 0. The minimum absolute atomic E-state index is 0.0490. The van der Waals surface area contributed by atoms with Gasteiger partial charge in [0.25, 0.3) is 0 Å². The SMILES string of the molecule is C=C(NCCN1CCOCC1)c1ccc(NC2=CC=C(c3ccc4c(c3)CNC4)N3C=CNC23)cc1. The number of benzene rings is 2. The summed E-state index contributed by atoms with van der Waals surface area (Å²) in [4.78, 5) is 4.71. The van der Waals surface area contributed by atoms with E-state index in [0.717, 1.165) is 75.1 Å². The number of anilines is 1. The molecule has 4 aliphatic heterocycles. The van der Waals surface area contributed by atoms with Gasteiger partial charge in [0.1, 0.15) is 6.17 Å². The second kappa shape index (κ2) is 10.2. The Hall–Kier alpha value is -3.52. The van der Waals surface area contributed by atoms with Gasteiger partial charge in [0, 0.05) is 63.1 Å². The van der Waals surface area contributed by atoms with Crippen LogP contribution in [0.1, 0.15) is 22.3 Å². The summed E-state index contributed by atoms with van der Waals surface area (Å²) in [6.45, 7) is 11.7. The number of fused-ring (bicyclic) bond motifs is 2. The summed E-state index contributed by atoms with van der Waals surface area (Å²) in [5.74, 6) is 0. The van der Waals surface area contributed by atoms with E-state index in [4.69, 9.17) is 4.74 Å². The average molecular weight is 483 g/mol. The molecule has 0 radical (unpaired) electrons. The first-order chi connectivity index (χ1) is 17.7. The Labute approximate surface area is 213 Å². The maximum atomic E-state index is 5.42. The van der Waals surface area contributed by atoms with Gasteiger partial charge in [0.15, 0.2) is 0 Å². The number of hydrogen-bond acceptors (Lipinski definition) is 7. The lowest BCUT2D eigenvalue weighted by molar-refractivity contribution is 0.0388. The molecule has 7 nitrogen and oxygen atoms in total. The number of morpholine rings is 1. The molecule has 2 aromatic carbocycles. The minimum Gasteiger partial charge on any atom is -0.384 e. The molecule has 0 aromatic heterocycles. The van der Waals surface area contributed by atoms with Crippen LogP contribution in [0.15, 0.2) is 79.3 Å². The summed E-state index contributed by atoms with van der Waals surface area (Å²) in [5.41, 5.74) is 9.48. The highest BCUT2D eigenvalue weighted by molar-refractivity contribution is 5.72. The number of allylic oxidation sites excluding steroid dienone is 2. The van der Waals surface area contributed by atoms with Gasteiger partial charge in [-0.1, -0.05) is 30.8 Å². The normalized spacial score (nSPS) is 20.8. The average Bonchev–Trinajstić information content (AvgIpc) is 3.60. The Morgan fingerprint density at radius 2 is 1.86 bits per heavy atom. The van der Waals surface area contributed by atoms with E-state index < -0.39 is 0 Å². The molecule has 0 saturated carbocycles. The van der Waals surface area contributed by atoms with Crippen LogP contribution in [0.25, 0.3) is 11.4 Å². The Morgan fingerprint density at radius 1 is 1.03 bits per heavy atom. The molecule has 0 amide bonds. The Kier molecular flexibility index (Phi) is 6.51. The molecule has 0 spiro atoms. The number of nitrogens with zero attached hydrogens (tertiary/aromatic N) is 2. The van der Waals surface area contributed by atoms with Crippen LogP contribution >= 0.6 is 0 Å². The van der Waals surface area contributed by atoms with Crippen molar-refractivity contribution in [2.75, 3.05) is 44.7 Å². The standard InChI is InChI=1S/C29H34N6O/c1-21(31-10-12-34-14-16-36-17-15-34)22-4-6-26(7-5-22)33-27-8-9-28(35-13-11-32-29(27)35)23-2-3-24-19-30-20-25(24)18-23/h2-9,11,13,18,29-33H,1,10,12,14-17,19-20H2. The Bertz CT molecular complexity index is 1210. The maximum Gasteiger partial charge on any atom is 0.144 e. The fourth-order valence-corrected chi connectivity index (χ4v) is 5.21. The summed E-state index contributed by atoms with van der Waals surface area (Å²) < 4.78 is 5.42. The highest BCUT2D eigenvalue weighted by Crippen LogP contribution is 2.33. The van der Waals surface area contributed by atoms with Gasteiger partial charge in [-0.3, -0.25) is 4.90 Å². The predicted molar refractivity (Wildman–Crippen MR) is 145 cm³/mol. The van der Waals surface area contributed by atoms with Gasteiger partial charge in [0.05, 0.1) is 24.6 Å². The van der Waals surface area contributed by atoms with E-state index >= 15 is 0 Å². The summed E-state index contributed by atoms with van der Waals surface area (Å²) in [7, 11) is 0. The molecular formula is C29H34N6O. The van der Waals surface area contributed by atoms with Crippen LogP contribution < -0.4 is 21.3 Å². The maximum absolute atomic E-state index is 5.42. The summed E-state index contributed by atoms with van der Waals surface area (Å²) in [6, 6.07) is 15.3. The van der Waals surface area contributed by atoms with Gasteiger partial charge in [-0.05, 0) is 52.6 Å². The molecule has 4 heterocycles. The van der Waals surface area contributed by atoms with Crippen molar-refractivity contribution in [3.8, 4) is 0 Å². The zero-order valence-corrected chi connectivity index (χ0v) is 20.6. The van der Waals surface area contributed by atoms with Crippen LogP contribution in [0.5, 0.6) is 0 Å². The third-order valence-corrected chi connectivity index (χ3v) is 7.29. The molecule has 4 aliphatic rings. The van der Waals surface area contributed by atoms with Gasteiger partial charge in [-0.25, -0.2) is 0 Å². The van der Waals surface area contributed by atoms with E-state index in [1.54, 1.807) is 0 Å². The van der Waals surface area contributed by atoms with E-state index in [9.17, 15) is 0 Å². The molecule has 1 fully saturated rings. The molecule has 0 aliphatic carbocycles. The second-order valence-electron chi connectivity index (χ2n) is 9.61. The van der Waals surface area contributed by atoms with Crippen molar-refractivity contribution in [1.29, 1.82) is 0 Å². The van der Waals surface area contributed by atoms with Gasteiger partial charge < -0.3 is 30.9 Å². The zero-order valence-electron chi connectivity index (χ0n) is 20.6. The topological polar surface area (TPSA) is 63.8 Å². The van der Waals surface area contributed by atoms with Gasteiger partial charge in [-0.2, -0.15) is 0 Å². The predicted octanol–water partition coefficient (Wildman–Crippen LogP) is 3.24. The molecule has 0 bridgehead atoms. The molecular weight excluding hydrogens is 448 g/mol. The van der Waals surface area contributed by atoms with E-state index in [2.05, 4.69) is 98.5 Å². The molecule has 1 atom stereocenters. The first-order valence-electron chi connectivity index (χ1n) is 12.8. The van der Waals surface area contributed by atoms with E-state index in [1.165, 1.54) is 22.4 Å². The van der Waals surface area contributed by atoms with Gasteiger partial charge in [-0.15, -0.1) is 0 Å². The molecule has 1 unspecified atom stereocenters. The largest absolute Gasteiger partial charge is 0.384 e. The first-order valence-corrected chi connectivity index (χ1v) is 12.8. The van der Waals surface area contributed by atoms with Crippen molar-refractivity contribution >= 4 is 17.1 Å². The van der Waals surface area contributed by atoms with Crippen LogP contribution in [-0.4, -0.2) is 55.4 Å². The van der Waals surface area contributed by atoms with E-state index in [1.807, 2.05) is 6.20 Å². The lowest BCUT2D eigenvalue weighted by Crippen LogP contribution is -2.40. The fourth-order valence-electron chi connectivity index (χ4n) is 5.21. The fraction of sp³-hybridized carbons (Fsp3) is 0.310. The molecule has 4 N–H and O–H groups in total. The highest BCUT2D eigenvalue weighted by Gasteiger charge is 2.29. The number of rotatable bonds is 8. The third-order valence-electron chi connectivity index (χ3n) is 7.29. The van der Waals surface area contributed by atoms with Crippen molar-refractivity contribution in [3.05, 3.63) is 102 Å². The third kappa shape index (κ3) is 4.78. The van der Waals surface area contributed by atoms with Crippen LogP contribution in [0.4, 0.5) is 5.69 Å². The molecule has 36 heavy (non-hydrogen) atoms.